The molecule has 4 rings (SSSR count). The minimum absolute atomic E-state index is 0.872. The van der Waals surface area contributed by atoms with Gasteiger partial charge in [0.05, 0.1) is 7.11 Å². The first-order valence-electron chi connectivity index (χ1n) is 8.21. The van der Waals surface area contributed by atoms with Gasteiger partial charge in [-0.25, -0.2) is 0 Å². The van der Waals surface area contributed by atoms with Gasteiger partial charge in [-0.15, -0.1) is 0 Å². The number of fused-ring (bicyclic) bond motifs is 1. The molecule has 0 aliphatic rings. The number of hydrogen-bond acceptors (Lipinski definition) is 2. The highest BCUT2D eigenvalue weighted by atomic mass is 32.1. The normalized spacial score (nSPS) is 11.6. The fourth-order valence-electron chi connectivity index (χ4n) is 3.09. The molecule has 0 N–H and O–H groups in total. The maximum atomic E-state index is 5.38. The van der Waals surface area contributed by atoms with Crippen molar-refractivity contribution in [1.29, 1.82) is 0 Å². The molecule has 3 aromatic carbocycles. The maximum absolute atomic E-state index is 5.38. The van der Waals surface area contributed by atoms with Crippen LogP contribution in [0.15, 0.2) is 83.6 Å². The molecule has 4 aromatic rings. The second kappa shape index (κ2) is 6.96. The molecule has 0 amide bonds. The lowest BCUT2D eigenvalue weighted by atomic mass is 9.93. The van der Waals surface area contributed by atoms with Crippen molar-refractivity contribution in [3.05, 3.63) is 100 Å². The molecule has 1 nitrogen and oxygen atoms in total. The summed E-state index contributed by atoms with van der Waals surface area (Å²) in [5.41, 5.74) is 4.85. The molecule has 0 aliphatic carbocycles. The summed E-state index contributed by atoms with van der Waals surface area (Å²) in [5, 5.41) is 6.85. The van der Waals surface area contributed by atoms with Crippen LogP contribution in [0.5, 0.6) is 5.75 Å². The van der Waals surface area contributed by atoms with Gasteiger partial charge in [0.2, 0.25) is 0 Å². The van der Waals surface area contributed by atoms with Crippen molar-refractivity contribution in [2.75, 3.05) is 7.11 Å². The predicted molar refractivity (Wildman–Crippen MR) is 108 cm³/mol. The molecule has 2 heteroatoms. The molecular weight excluding hydrogens is 324 g/mol. The van der Waals surface area contributed by atoms with E-state index < -0.39 is 0 Å². The van der Waals surface area contributed by atoms with E-state index in [2.05, 4.69) is 77.5 Å². The molecule has 0 fully saturated rings. The second-order valence-electron chi connectivity index (χ2n) is 5.87. The Bertz CT molecular complexity index is 1020. The summed E-state index contributed by atoms with van der Waals surface area (Å²) >= 11 is 1.72. The topological polar surface area (TPSA) is 9.23 Å². The Labute approximate surface area is 151 Å². The zero-order chi connectivity index (χ0) is 17.1. The summed E-state index contributed by atoms with van der Waals surface area (Å²) in [4.78, 5) is 0. The molecule has 0 saturated carbocycles. The summed E-state index contributed by atoms with van der Waals surface area (Å²) in [5.74, 6) is 0.872. The minimum atomic E-state index is 0.872. The lowest BCUT2D eigenvalue weighted by Gasteiger charge is -2.11. The summed E-state index contributed by atoms with van der Waals surface area (Å²) in [7, 11) is 1.70. The Morgan fingerprint density at radius 3 is 2.60 bits per heavy atom. The van der Waals surface area contributed by atoms with E-state index in [1.807, 2.05) is 12.1 Å². The molecule has 122 valence electrons. The average molecular weight is 342 g/mol. The molecule has 0 aliphatic heterocycles. The molecule has 0 bridgehead atoms. The lowest BCUT2D eigenvalue weighted by Crippen LogP contribution is -1.89. The first-order valence-corrected chi connectivity index (χ1v) is 9.16. The van der Waals surface area contributed by atoms with E-state index in [0.717, 1.165) is 11.3 Å². The van der Waals surface area contributed by atoms with Gasteiger partial charge in [0.1, 0.15) is 5.75 Å². The van der Waals surface area contributed by atoms with Crippen LogP contribution in [0, 0.1) is 0 Å². The minimum Gasteiger partial charge on any atom is -0.497 e. The smallest absolute Gasteiger partial charge is 0.119 e. The van der Waals surface area contributed by atoms with Crippen LogP contribution in [-0.4, -0.2) is 7.11 Å². The number of hydrogen-bond donors (Lipinski definition) is 0. The first kappa shape index (κ1) is 15.7. The first-order chi connectivity index (χ1) is 12.3. The van der Waals surface area contributed by atoms with Crippen LogP contribution in [-0.2, 0) is 0 Å². The summed E-state index contributed by atoms with van der Waals surface area (Å²) in [6.07, 6.45) is 2.24. The second-order valence-corrected chi connectivity index (χ2v) is 6.65. The fourth-order valence-corrected chi connectivity index (χ4v) is 3.75. The van der Waals surface area contributed by atoms with E-state index in [-0.39, 0.29) is 0 Å². The van der Waals surface area contributed by atoms with Gasteiger partial charge in [0.25, 0.3) is 0 Å². The van der Waals surface area contributed by atoms with Crippen molar-refractivity contribution in [2.24, 2.45) is 0 Å². The van der Waals surface area contributed by atoms with Crippen molar-refractivity contribution in [2.45, 2.75) is 0 Å². The predicted octanol–water partition coefficient (Wildman–Crippen LogP) is 6.50. The van der Waals surface area contributed by atoms with Gasteiger partial charge in [0.15, 0.2) is 0 Å². The Morgan fingerprint density at radius 1 is 0.920 bits per heavy atom. The van der Waals surface area contributed by atoms with Crippen molar-refractivity contribution in [3.8, 4) is 5.75 Å². The van der Waals surface area contributed by atoms with E-state index in [0.29, 0.717) is 0 Å². The Morgan fingerprint density at radius 2 is 1.76 bits per heavy atom. The third-order valence-corrected chi connectivity index (χ3v) is 5.00. The van der Waals surface area contributed by atoms with E-state index in [4.69, 9.17) is 4.74 Å². The molecule has 0 radical (unpaired) electrons. The molecule has 1 aromatic heterocycles. The van der Waals surface area contributed by atoms with Gasteiger partial charge >= 0.3 is 0 Å². The number of ether oxygens (including phenoxy) is 1. The van der Waals surface area contributed by atoms with E-state index in [1.165, 1.54) is 27.5 Å². The number of methoxy groups -OCH3 is 1. The highest BCUT2D eigenvalue weighted by Gasteiger charge is 2.10. The van der Waals surface area contributed by atoms with Crippen molar-refractivity contribution >= 4 is 33.8 Å². The maximum Gasteiger partial charge on any atom is 0.119 e. The van der Waals surface area contributed by atoms with E-state index >= 15 is 0 Å². The molecule has 0 spiro atoms. The van der Waals surface area contributed by atoms with Gasteiger partial charge in [0, 0.05) is 0 Å². The third-order valence-electron chi connectivity index (χ3n) is 4.32. The van der Waals surface area contributed by atoms with Gasteiger partial charge in [-0.1, -0.05) is 54.6 Å². The molecule has 1 heterocycles. The summed E-state index contributed by atoms with van der Waals surface area (Å²) < 4.78 is 5.38. The fraction of sp³-hybridized carbons (Fsp3) is 0.0435. The Kier molecular flexibility index (Phi) is 4.36. The van der Waals surface area contributed by atoms with Crippen LogP contribution in [0.3, 0.4) is 0 Å². The lowest BCUT2D eigenvalue weighted by molar-refractivity contribution is 0.414. The van der Waals surface area contributed by atoms with Gasteiger partial charge in [-0.05, 0) is 68.1 Å². The largest absolute Gasteiger partial charge is 0.497 e. The SMILES string of the molecule is COc1cccc(/C=C(\c2ccsc2)c2cccc3ccccc23)c1. The molecule has 0 saturated heterocycles. The average Bonchev–Trinajstić information content (AvgIpc) is 3.20. The molecule has 25 heavy (non-hydrogen) atoms. The quantitative estimate of drug-likeness (QED) is 0.385. The Balaban J connectivity index is 1.94. The third kappa shape index (κ3) is 3.21. The number of rotatable bonds is 4. The zero-order valence-electron chi connectivity index (χ0n) is 14.0. The summed E-state index contributed by atoms with van der Waals surface area (Å²) in [6.45, 7) is 0. The summed E-state index contributed by atoms with van der Waals surface area (Å²) in [6, 6.07) is 25.4. The van der Waals surface area contributed by atoms with Crippen molar-refractivity contribution in [3.63, 3.8) is 0 Å². The van der Waals surface area contributed by atoms with E-state index in [9.17, 15) is 0 Å². The van der Waals surface area contributed by atoms with Crippen LogP contribution < -0.4 is 4.74 Å². The van der Waals surface area contributed by atoms with Crippen LogP contribution in [0.25, 0.3) is 22.4 Å². The van der Waals surface area contributed by atoms with Crippen LogP contribution in [0.1, 0.15) is 16.7 Å². The molecule has 0 unspecified atom stereocenters. The highest BCUT2D eigenvalue weighted by molar-refractivity contribution is 7.08. The van der Waals surface area contributed by atoms with E-state index in [1.54, 1.807) is 18.4 Å². The van der Waals surface area contributed by atoms with Crippen LogP contribution >= 0.6 is 11.3 Å². The van der Waals surface area contributed by atoms with Crippen LogP contribution in [0.4, 0.5) is 0 Å². The standard InChI is InChI=1S/C23H18OS/c1-24-20-9-4-6-17(14-20)15-23(19-12-13-25-16-19)22-11-5-8-18-7-2-3-10-21(18)22/h2-16H,1H3/b23-15+. The number of thiophene rings is 1. The Hall–Kier alpha value is -2.84. The molecular formula is C23H18OS. The monoisotopic (exact) mass is 342 g/mol. The highest BCUT2D eigenvalue weighted by Crippen LogP contribution is 2.33. The van der Waals surface area contributed by atoms with Crippen LogP contribution in [0.2, 0.25) is 0 Å². The van der Waals surface area contributed by atoms with Gasteiger partial charge in [-0.2, -0.15) is 11.3 Å². The molecule has 0 atom stereocenters. The van der Waals surface area contributed by atoms with Gasteiger partial charge < -0.3 is 4.74 Å². The zero-order valence-corrected chi connectivity index (χ0v) is 14.8. The van der Waals surface area contributed by atoms with Crippen molar-refractivity contribution in [1.82, 2.24) is 0 Å². The van der Waals surface area contributed by atoms with Crippen molar-refractivity contribution < 1.29 is 4.74 Å². The number of benzene rings is 3. The van der Waals surface area contributed by atoms with Gasteiger partial charge in [-0.3, -0.25) is 0 Å².